The van der Waals surface area contributed by atoms with Gasteiger partial charge in [-0.1, -0.05) is 18.7 Å². The van der Waals surface area contributed by atoms with Crippen molar-refractivity contribution in [2.24, 2.45) is 9.98 Å². The van der Waals surface area contributed by atoms with E-state index < -0.39 is 17.8 Å². The normalized spacial score (nSPS) is 26.2. The van der Waals surface area contributed by atoms with Crippen LogP contribution in [0.2, 0.25) is 0 Å². The van der Waals surface area contributed by atoms with Crippen molar-refractivity contribution in [3.63, 3.8) is 0 Å². The first-order valence-electron chi connectivity index (χ1n) is 11.4. The van der Waals surface area contributed by atoms with Crippen molar-refractivity contribution in [3.05, 3.63) is 47.9 Å². The van der Waals surface area contributed by atoms with Gasteiger partial charge < -0.3 is 20.1 Å². The maximum atomic E-state index is 13.0. The van der Waals surface area contributed by atoms with Gasteiger partial charge in [-0.05, 0) is 51.2 Å². The summed E-state index contributed by atoms with van der Waals surface area (Å²) < 4.78 is 45.0. The van der Waals surface area contributed by atoms with E-state index in [1.54, 1.807) is 6.21 Å². The smallest absolute Gasteiger partial charge is 0.416 e. The lowest BCUT2D eigenvalue weighted by molar-refractivity contribution is -0.122. The number of fused-ring (bicyclic) bond motifs is 1. The van der Waals surface area contributed by atoms with E-state index in [9.17, 15) is 13.2 Å². The topological polar surface area (TPSA) is 86.5 Å². The summed E-state index contributed by atoms with van der Waals surface area (Å²) in [5.74, 6) is 1.34. The fourth-order valence-corrected chi connectivity index (χ4v) is 4.62. The number of alkyl halides is 3. The third kappa shape index (κ3) is 6.16. The van der Waals surface area contributed by atoms with E-state index in [1.165, 1.54) is 18.6 Å². The summed E-state index contributed by atoms with van der Waals surface area (Å²) in [5.41, 5.74) is -0.0677. The van der Waals surface area contributed by atoms with E-state index in [2.05, 4.69) is 26.8 Å². The highest BCUT2D eigenvalue weighted by Gasteiger charge is 2.38. The number of hydrogen-bond donors (Lipinski definition) is 2. The average Bonchev–Trinajstić information content (AvgIpc) is 3.25. The number of ether oxygens (including phenoxy) is 1. The Morgan fingerprint density at radius 1 is 1.35 bits per heavy atom. The Morgan fingerprint density at radius 3 is 2.65 bits per heavy atom. The number of likely N-dealkylation sites (tertiary alicyclic amines) is 1. The molecule has 34 heavy (non-hydrogen) atoms. The van der Waals surface area contributed by atoms with Gasteiger partial charge in [0.25, 0.3) is 6.47 Å². The average molecular weight is 481 g/mol. The molecule has 0 amide bonds. The van der Waals surface area contributed by atoms with Crippen LogP contribution in [0.1, 0.15) is 39.0 Å². The van der Waals surface area contributed by atoms with Crippen LogP contribution in [-0.2, 0) is 9.53 Å². The molecule has 2 saturated heterocycles. The summed E-state index contributed by atoms with van der Waals surface area (Å²) in [6.07, 6.45) is 8.51. The molecule has 4 aliphatic rings. The van der Waals surface area contributed by atoms with Crippen molar-refractivity contribution in [1.29, 1.82) is 0 Å². The summed E-state index contributed by atoms with van der Waals surface area (Å²) in [7, 11) is 0. The molecule has 0 bridgehead atoms. The number of carboxylic acid groups (broad SMARTS) is 1. The molecule has 3 heterocycles. The minimum Gasteiger partial charge on any atom is -0.483 e. The highest BCUT2D eigenvalue weighted by Crippen LogP contribution is 2.36. The van der Waals surface area contributed by atoms with E-state index in [0.29, 0.717) is 11.4 Å². The Hall–Kier alpha value is -2.88. The number of carbonyl (C=O) groups is 1. The summed E-state index contributed by atoms with van der Waals surface area (Å²) in [4.78, 5) is 19.7. The number of rotatable bonds is 4. The van der Waals surface area contributed by atoms with Gasteiger partial charge in [0.2, 0.25) is 0 Å². The Labute approximate surface area is 197 Å². The third-order valence-electron chi connectivity index (χ3n) is 6.46. The van der Waals surface area contributed by atoms with Crippen LogP contribution in [-0.4, -0.2) is 72.1 Å². The minimum absolute atomic E-state index is 0.0377. The summed E-state index contributed by atoms with van der Waals surface area (Å²) >= 11 is 0. The predicted octanol–water partition coefficient (Wildman–Crippen LogP) is 4.01. The molecule has 1 aliphatic carbocycles. The maximum absolute atomic E-state index is 13.0. The zero-order chi connectivity index (χ0) is 24.8. The van der Waals surface area contributed by atoms with E-state index in [1.807, 2.05) is 13.0 Å². The highest BCUT2D eigenvalue weighted by atomic mass is 19.4. The summed E-state index contributed by atoms with van der Waals surface area (Å²) in [6, 6.07) is -0.877. The van der Waals surface area contributed by atoms with E-state index in [0.717, 1.165) is 57.3 Å². The quantitative estimate of drug-likeness (QED) is 0.469. The van der Waals surface area contributed by atoms with Crippen LogP contribution in [0.25, 0.3) is 0 Å². The number of allylic oxidation sites excluding steroid dienone is 3. The van der Waals surface area contributed by atoms with Crippen molar-refractivity contribution >= 4 is 18.5 Å². The number of halogens is 3. The molecular formula is C24H31F3N4O3. The molecule has 2 fully saturated rings. The van der Waals surface area contributed by atoms with Crippen molar-refractivity contribution in [1.82, 2.24) is 10.2 Å². The molecule has 1 spiro atoms. The van der Waals surface area contributed by atoms with Crippen LogP contribution in [0.5, 0.6) is 0 Å². The van der Waals surface area contributed by atoms with Crippen LogP contribution < -0.4 is 5.32 Å². The molecule has 0 aromatic heterocycles. The molecule has 2 unspecified atom stereocenters. The van der Waals surface area contributed by atoms with Crippen LogP contribution in [0.3, 0.4) is 0 Å². The molecule has 0 aromatic carbocycles. The number of piperidine rings is 1. The molecule has 3 aliphatic heterocycles. The summed E-state index contributed by atoms with van der Waals surface area (Å²) in [5, 5.41) is 9.93. The molecule has 0 saturated carbocycles. The molecular weight excluding hydrogens is 449 g/mol. The zero-order valence-electron chi connectivity index (χ0n) is 19.2. The lowest BCUT2D eigenvalue weighted by atomic mass is 9.84. The predicted molar refractivity (Wildman–Crippen MR) is 125 cm³/mol. The molecule has 2 atom stereocenters. The minimum atomic E-state index is -4.36. The van der Waals surface area contributed by atoms with Gasteiger partial charge in [-0.3, -0.25) is 9.79 Å². The van der Waals surface area contributed by atoms with Crippen LogP contribution in [0.4, 0.5) is 13.2 Å². The zero-order valence-corrected chi connectivity index (χ0v) is 19.2. The number of aliphatic imine (C=N–C) groups is 2. The van der Waals surface area contributed by atoms with Crippen molar-refractivity contribution < 1.29 is 27.8 Å². The van der Waals surface area contributed by atoms with E-state index in [-0.39, 0.29) is 18.1 Å². The van der Waals surface area contributed by atoms with Gasteiger partial charge in [-0.25, -0.2) is 4.99 Å². The van der Waals surface area contributed by atoms with Crippen LogP contribution in [0.15, 0.2) is 57.8 Å². The van der Waals surface area contributed by atoms with Gasteiger partial charge in [0.15, 0.2) is 0 Å². The Balaban J connectivity index is 0.00000103. The maximum Gasteiger partial charge on any atom is 0.416 e. The fraction of sp³-hybridized carbons (Fsp3) is 0.542. The largest absolute Gasteiger partial charge is 0.483 e. The Morgan fingerprint density at radius 2 is 2.06 bits per heavy atom. The molecule has 186 valence electrons. The first kappa shape index (κ1) is 25.7. The first-order valence-corrected chi connectivity index (χ1v) is 11.4. The first-order chi connectivity index (χ1) is 16.2. The summed E-state index contributed by atoms with van der Waals surface area (Å²) in [6.45, 7) is 8.35. The molecule has 2 N–H and O–H groups in total. The van der Waals surface area contributed by atoms with E-state index in [4.69, 9.17) is 14.6 Å². The Kier molecular flexibility index (Phi) is 8.35. The standard InChI is InChI=1S/C23H29F3N4O.CH2O2/c1-3-20(30-11-9-22(10-12-30)8-4-5-13-31-22)27-15-16(2)21-28-18-7-6-17(23(24,25)26)14-19(18)29-21;2-1-3/h3,6-7,14-15,18-19H,2,4-5,8-13H2,1H3,(H,28,29);1H,(H,2,3)/b20-3+,27-15-;. The van der Waals surface area contributed by atoms with Gasteiger partial charge in [0, 0.05) is 31.5 Å². The Bertz CT molecular complexity index is 905. The second-order valence-corrected chi connectivity index (χ2v) is 8.63. The van der Waals surface area contributed by atoms with Crippen LogP contribution in [0, 0.1) is 0 Å². The fourth-order valence-electron chi connectivity index (χ4n) is 4.62. The monoisotopic (exact) mass is 480 g/mol. The third-order valence-corrected chi connectivity index (χ3v) is 6.46. The molecule has 0 radical (unpaired) electrons. The SMILES string of the molecule is C=C(/C=N\C(=C/C)N1CCC2(CCCCO2)CC1)C1=NC2C=CC(C(F)(F)F)=CC2N1.O=CO. The lowest BCUT2D eigenvalue weighted by Gasteiger charge is -2.44. The second kappa shape index (κ2) is 11.0. The molecule has 7 nitrogen and oxygen atoms in total. The van der Waals surface area contributed by atoms with Crippen molar-refractivity contribution in [3.8, 4) is 0 Å². The number of nitrogens with one attached hydrogen (secondary N) is 1. The van der Waals surface area contributed by atoms with Crippen LogP contribution >= 0.6 is 0 Å². The highest BCUT2D eigenvalue weighted by molar-refractivity contribution is 6.15. The van der Waals surface area contributed by atoms with Gasteiger partial charge in [-0.15, -0.1) is 0 Å². The van der Waals surface area contributed by atoms with Gasteiger partial charge in [-0.2, -0.15) is 13.2 Å². The van der Waals surface area contributed by atoms with E-state index >= 15 is 0 Å². The van der Waals surface area contributed by atoms with Gasteiger partial charge in [0.05, 0.1) is 23.3 Å². The van der Waals surface area contributed by atoms with Crippen molar-refractivity contribution in [2.45, 2.75) is 62.9 Å². The molecule has 10 heteroatoms. The number of amidine groups is 1. The number of hydrogen-bond acceptors (Lipinski definition) is 6. The van der Waals surface area contributed by atoms with Gasteiger partial charge >= 0.3 is 6.18 Å². The number of nitrogens with zero attached hydrogens (tertiary/aromatic N) is 3. The second-order valence-electron chi connectivity index (χ2n) is 8.63. The van der Waals surface area contributed by atoms with Gasteiger partial charge in [0.1, 0.15) is 11.7 Å². The lowest BCUT2D eigenvalue weighted by Crippen LogP contribution is -2.47. The molecule has 0 aromatic rings. The van der Waals surface area contributed by atoms with Crippen molar-refractivity contribution in [2.75, 3.05) is 19.7 Å². The molecule has 4 rings (SSSR count).